The molecule has 0 aliphatic heterocycles. The van der Waals surface area contributed by atoms with E-state index in [-0.39, 0.29) is 23.1 Å². The number of benzene rings is 1. The Kier molecular flexibility index (Phi) is 6.48. The molecule has 3 rings (SSSR count). The van der Waals surface area contributed by atoms with Crippen molar-refractivity contribution in [2.24, 2.45) is 17.8 Å². The molecule has 0 saturated heterocycles. The Morgan fingerprint density at radius 2 is 1.97 bits per heavy atom. The van der Waals surface area contributed by atoms with Crippen LogP contribution in [0, 0.1) is 17.8 Å². The fourth-order valence-electron chi connectivity index (χ4n) is 4.72. The highest BCUT2D eigenvalue weighted by Gasteiger charge is 2.55. The van der Waals surface area contributed by atoms with Crippen molar-refractivity contribution in [3.05, 3.63) is 23.8 Å². The first-order valence-corrected chi connectivity index (χ1v) is 11.6. The van der Waals surface area contributed by atoms with Crippen LogP contribution in [0.5, 0.6) is 11.5 Å². The summed E-state index contributed by atoms with van der Waals surface area (Å²) < 4.78 is 84.1. The van der Waals surface area contributed by atoms with E-state index in [1.54, 1.807) is 0 Å². The zero-order chi connectivity index (χ0) is 23.0. The predicted octanol–water partition coefficient (Wildman–Crippen LogP) is 4.22. The summed E-state index contributed by atoms with van der Waals surface area (Å²) in [5, 5.41) is 0. The maximum absolute atomic E-state index is 12.9. The van der Waals surface area contributed by atoms with Gasteiger partial charge in [-0.15, -0.1) is 13.2 Å². The van der Waals surface area contributed by atoms with Gasteiger partial charge >= 0.3 is 12.3 Å². The number of esters is 1. The number of hydrogen-bond donors (Lipinski definition) is 1. The Bertz CT molecular complexity index is 929. The lowest BCUT2D eigenvalue weighted by atomic mass is 9.76. The first-order chi connectivity index (χ1) is 14.3. The van der Waals surface area contributed by atoms with Crippen molar-refractivity contribution in [1.29, 1.82) is 0 Å². The summed E-state index contributed by atoms with van der Waals surface area (Å²) in [6.07, 6.45) is -1.30. The highest BCUT2D eigenvalue weighted by molar-refractivity contribution is 7.85. The van der Waals surface area contributed by atoms with Gasteiger partial charge in [0.25, 0.3) is 10.1 Å². The van der Waals surface area contributed by atoms with E-state index in [2.05, 4.69) is 4.74 Å². The van der Waals surface area contributed by atoms with Crippen LogP contribution >= 0.6 is 0 Å². The second kappa shape index (κ2) is 8.50. The molecule has 3 unspecified atom stereocenters. The van der Waals surface area contributed by atoms with Gasteiger partial charge in [0.1, 0.15) is 18.0 Å². The van der Waals surface area contributed by atoms with Crippen molar-refractivity contribution in [2.45, 2.75) is 51.5 Å². The fourth-order valence-corrected chi connectivity index (χ4v) is 5.02. The third-order valence-corrected chi connectivity index (χ3v) is 6.78. The number of carbonyl (C=O) groups excluding carboxylic acids is 1. The lowest BCUT2D eigenvalue weighted by Gasteiger charge is -2.42. The minimum Gasteiger partial charge on any atom is -0.483 e. The van der Waals surface area contributed by atoms with Crippen molar-refractivity contribution in [2.75, 3.05) is 12.4 Å². The molecule has 2 aliphatic rings. The second-order valence-corrected chi connectivity index (χ2v) is 10.00. The molecule has 7 nitrogen and oxygen atoms in total. The van der Waals surface area contributed by atoms with Gasteiger partial charge in [0.2, 0.25) is 0 Å². The van der Waals surface area contributed by atoms with Crippen LogP contribution in [0.2, 0.25) is 0 Å². The zero-order valence-corrected chi connectivity index (χ0v) is 18.0. The third kappa shape index (κ3) is 5.62. The smallest absolute Gasteiger partial charge is 0.483 e. The molecule has 174 valence electrons. The Labute approximate surface area is 178 Å². The molecule has 2 saturated carbocycles. The monoisotopic (exact) mass is 466 g/mol. The first kappa shape index (κ1) is 23.6. The SMILES string of the molecule is CC(C)C1(Oc2cc(C(=O)OCCS(=O)(=O)O)ccc2OC(F)(F)F)CC2CCC1C2. The van der Waals surface area contributed by atoms with Crippen LogP contribution < -0.4 is 9.47 Å². The first-order valence-electron chi connectivity index (χ1n) is 10.00. The minimum atomic E-state index is -4.95. The summed E-state index contributed by atoms with van der Waals surface area (Å²) in [5.41, 5.74) is -0.790. The maximum atomic E-state index is 12.9. The van der Waals surface area contributed by atoms with E-state index in [4.69, 9.17) is 14.0 Å². The van der Waals surface area contributed by atoms with Gasteiger partial charge in [-0.3, -0.25) is 4.55 Å². The van der Waals surface area contributed by atoms with E-state index in [0.29, 0.717) is 12.3 Å². The van der Waals surface area contributed by atoms with Gasteiger partial charge in [0.15, 0.2) is 11.5 Å². The maximum Gasteiger partial charge on any atom is 0.573 e. The van der Waals surface area contributed by atoms with Crippen LogP contribution in [0.25, 0.3) is 0 Å². The quantitative estimate of drug-likeness (QED) is 0.452. The van der Waals surface area contributed by atoms with Crippen molar-refractivity contribution in [3.8, 4) is 11.5 Å². The van der Waals surface area contributed by atoms with Gasteiger partial charge in [0, 0.05) is 0 Å². The van der Waals surface area contributed by atoms with Crippen molar-refractivity contribution in [1.82, 2.24) is 0 Å². The molecular weight excluding hydrogens is 441 g/mol. The summed E-state index contributed by atoms with van der Waals surface area (Å²) in [7, 11) is -4.32. The fraction of sp³-hybridized carbons (Fsp3) is 0.650. The van der Waals surface area contributed by atoms with Crippen LogP contribution in [-0.2, 0) is 14.9 Å². The van der Waals surface area contributed by atoms with E-state index in [9.17, 15) is 26.4 Å². The Morgan fingerprint density at radius 3 is 2.48 bits per heavy atom. The third-order valence-electron chi connectivity index (χ3n) is 6.10. The molecule has 0 radical (unpaired) electrons. The number of alkyl halides is 3. The average Bonchev–Trinajstić information content (AvgIpc) is 3.22. The van der Waals surface area contributed by atoms with E-state index >= 15 is 0 Å². The summed E-state index contributed by atoms with van der Waals surface area (Å²) in [6, 6.07) is 3.17. The highest BCUT2D eigenvalue weighted by atomic mass is 32.2. The average molecular weight is 466 g/mol. The minimum absolute atomic E-state index is 0.0203. The van der Waals surface area contributed by atoms with Gasteiger partial charge in [-0.05, 0) is 61.6 Å². The van der Waals surface area contributed by atoms with Crippen molar-refractivity contribution in [3.63, 3.8) is 0 Å². The number of halogens is 3. The summed E-state index contributed by atoms with van der Waals surface area (Å²) >= 11 is 0. The molecule has 1 aromatic rings. The molecule has 0 amide bonds. The molecule has 1 aromatic carbocycles. The van der Waals surface area contributed by atoms with Gasteiger partial charge < -0.3 is 14.2 Å². The topological polar surface area (TPSA) is 99.1 Å². The molecule has 3 atom stereocenters. The van der Waals surface area contributed by atoms with Gasteiger partial charge in [0.05, 0.1) is 5.56 Å². The highest BCUT2D eigenvalue weighted by Crippen LogP contribution is 2.56. The van der Waals surface area contributed by atoms with Crippen molar-refractivity contribution < 1.29 is 45.1 Å². The standard InChI is InChI=1S/C20H25F3O7S/c1-12(2)19(11-13-3-5-15(19)9-13)29-17-10-14(4-6-16(17)30-20(21,22)23)18(24)28-7-8-31(25,26)27/h4,6,10,12-13,15H,3,5,7-9,11H2,1-2H3,(H,25,26,27). The van der Waals surface area contributed by atoms with Gasteiger partial charge in [-0.2, -0.15) is 8.42 Å². The molecule has 0 spiro atoms. The Morgan fingerprint density at radius 1 is 1.26 bits per heavy atom. The Balaban J connectivity index is 1.88. The zero-order valence-electron chi connectivity index (χ0n) is 17.1. The molecule has 0 heterocycles. The van der Waals surface area contributed by atoms with Crippen LogP contribution in [0.3, 0.4) is 0 Å². The second-order valence-electron chi connectivity index (χ2n) is 8.42. The van der Waals surface area contributed by atoms with Crippen LogP contribution in [0.4, 0.5) is 13.2 Å². The molecule has 1 N–H and O–H groups in total. The number of hydrogen-bond acceptors (Lipinski definition) is 6. The van der Waals surface area contributed by atoms with E-state index in [0.717, 1.165) is 37.5 Å². The predicted molar refractivity (Wildman–Crippen MR) is 103 cm³/mol. The normalized spacial score (nSPS) is 25.6. The number of carbonyl (C=O) groups is 1. The molecular formula is C20H25F3O7S. The largest absolute Gasteiger partial charge is 0.573 e. The summed E-state index contributed by atoms with van der Waals surface area (Å²) in [4.78, 5) is 12.2. The summed E-state index contributed by atoms with van der Waals surface area (Å²) in [5.74, 6) is -1.87. The molecule has 2 aliphatic carbocycles. The van der Waals surface area contributed by atoms with E-state index in [1.165, 1.54) is 0 Å². The van der Waals surface area contributed by atoms with Gasteiger partial charge in [-0.25, -0.2) is 4.79 Å². The molecule has 2 fully saturated rings. The van der Waals surface area contributed by atoms with E-state index in [1.807, 2.05) is 13.8 Å². The van der Waals surface area contributed by atoms with Crippen molar-refractivity contribution >= 4 is 16.1 Å². The lowest BCUT2D eigenvalue weighted by molar-refractivity contribution is -0.275. The molecule has 11 heteroatoms. The van der Waals surface area contributed by atoms with Crippen LogP contribution in [0.15, 0.2) is 18.2 Å². The molecule has 2 bridgehead atoms. The van der Waals surface area contributed by atoms with Crippen LogP contribution in [-0.4, -0.2) is 43.3 Å². The lowest BCUT2D eigenvalue weighted by Crippen LogP contribution is -2.46. The Hall–Kier alpha value is -2.01. The molecule has 31 heavy (non-hydrogen) atoms. The van der Waals surface area contributed by atoms with E-state index < -0.39 is 46.2 Å². The number of ether oxygens (including phenoxy) is 3. The van der Waals surface area contributed by atoms with Crippen LogP contribution in [0.1, 0.15) is 49.9 Å². The molecule has 0 aromatic heterocycles. The van der Waals surface area contributed by atoms with Gasteiger partial charge in [-0.1, -0.05) is 13.8 Å². The summed E-state index contributed by atoms with van der Waals surface area (Å²) in [6.45, 7) is 3.31. The number of fused-ring (bicyclic) bond motifs is 2. The number of rotatable bonds is 8.